The normalized spacial score (nSPS) is 25.3. The maximum absolute atomic E-state index is 11.4. The van der Waals surface area contributed by atoms with Gasteiger partial charge in [0.1, 0.15) is 6.04 Å². The predicted octanol–water partition coefficient (Wildman–Crippen LogP) is 1.23. The Morgan fingerprint density at radius 2 is 1.93 bits per heavy atom. The van der Waals surface area contributed by atoms with Crippen molar-refractivity contribution >= 4 is 5.91 Å². The summed E-state index contributed by atoms with van der Waals surface area (Å²) in [6, 6.07) is 7.93. The molecule has 3 nitrogen and oxygen atoms in total. The molecule has 0 saturated carbocycles. The van der Waals surface area contributed by atoms with E-state index >= 15 is 0 Å². The van der Waals surface area contributed by atoms with Crippen molar-refractivity contribution < 1.29 is 4.79 Å². The van der Waals surface area contributed by atoms with Gasteiger partial charge in [0.15, 0.2) is 0 Å². The van der Waals surface area contributed by atoms with E-state index in [0.717, 1.165) is 12.1 Å². The number of hydrogen-bond donors (Lipinski definition) is 1. The van der Waals surface area contributed by atoms with Crippen molar-refractivity contribution in [2.75, 3.05) is 6.54 Å². The van der Waals surface area contributed by atoms with Crippen LogP contribution in [-0.2, 0) is 4.79 Å². The van der Waals surface area contributed by atoms with Gasteiger partial charge in [0, 0.05) is 6.54 Å². The van der Waals surface area contributed by atoms with Crippen LogP contribution in [0.1, 0.15) is 24.1 Å². The number of β-lactam (4-membered cyclic amide) rings is 1. The molecule has 1 saturated heterocycles. The Hall–Kier alpha value is -1.35. The van der Waals surface area contributed by atoms with E-state index in [1.54, 1.807) is 0 Å². The van der Waals surface area contributed by atoms with E-state index in [4.69, 9.17) is 5.73 Å². The highest BCUT2D eigenvalue weighted by Gasteiger charge is 2.44. The zero-order chi connectivity index (χ0) is 11.0. The quantitative estimate of drug-likeness (QED) is 0.736. The van der Waals surface area contributed by atoms with Crippen molar-refractivity contribution in [1.82, 2.24) is 4.90 Å². The lowest BCUT2D eigenvalue weighted by atomic mass is 9.89. The van der Waals surface area contributed by atoms with Gasteiger partial charge >= 0.3 is 0 Å². The van der Waals surface area contributed by atoms with Gasteiger partial charge in [0.25, 0.3) is 0 Å². The van der Waals surface area contributed by atoms with E-state index < -0.39 is 0 Å². The first kappa shape index (κ1) is 10.2. The Kier molecular flexibility index (Phi) is 2.49. The van der Waals surface area contributed by atoms with E-state index in [-0.39, 0.29) is 18.0 Å². The summed E-state index contributed by atoms with van der Waals surface area (Å²) in [5, 5.41) is 0. The second kappa shape index (κ2) is 3.66. The van der Waals surface area contributed by atoms with E-state index in [0.29, 0.717) is 0 Å². The van der Waals surface area contributed by atoms with Gasteiger partial charge in [0.05, 0.1) is 6.04 Å². The lowest BCUT2D eigenvalue weighted by molar-refractivity contribution is -0.149. The first-order valence-corrected chi connectivity index (χ1v) is 5.27. The number of nitrogens with zero attached hydrogens (tertiary/aromatic N) is 1. The molecule has 0 bridgehead atoms. The molecule has 2 rings (SSSR count). The topological polar surface area (TPSA) is 46.3 Å². The summed E-state index contributed by atoms with van der Waals surface area (Å²) in [6.07, 6.45) is 0. The molecule has 1 aromatic rings. The molecule has 2 atom stereocenters. The number of benzene rings is 1. The molecule has 1 heterocycles. The average molecular weight is 204 g/mol. The molecular weight excluding hydrogens is 188 g/mol. The number of carbonyl (C=O) groups is 1. The minimum Gasteiger partial charge on any atom is -0.332 e. The van der Waals surface area contributed by atoms with Crippen LogP contribution in [0.15, 0.2) is 24.3 Å². The number of carbonyl (C=O) groups excluding carboxylic acids is 1. The number of likely N-dealkylation sites (tertiary alicyclic amines) is 1. The Morgan fingerprint density at radius 3 is 2.47 bits per heavy atom. The summed E-state index contributed by atoms with van der Waals surface area (Å²) >= 11 is 0. The van der Waals surface area contributed by atoms with Gasteiger partial charge in [-0.3, -0.25) is 4.79 Å². The molecule has 0 radical (unpaired) electrons. The van der Waals surface area contributed by atoms with Gasteiger partial charge in [-0.25, -0.2) is 0 Å². The second-order valence-electron chi connectivity index (χ2n) is 4.01. The zero-order valence-corrected chi connectivity index (χ0v) is 9.10. The number of nitrogens with two attached hydrogens (primary N) is 1. The molecule has 1 amide bonds. The summed E-state index contributed by atoms with van der Waals surface area (Å²) in [7, 11) is 0. The maximum Gasteiger partial charge on any atom is 0.242 e. The van der Waals surface area contributed by atoms with Crippen LogP contribution in [0.25, 0.3) is 0 Å². The molecule has 0 spiro atoms. The molecular formula is C12H16N2O. The van der Waals surface area contributed by atoms with Gasteiger partial charge in [0.2, 0.25) is 5.91 Å². The lowest BCUT2D eigenvalue weighted by Gasteiger charge is -2.45. The minimum atomic E-state index is -0.354. The average Bonchev–Trinajstić information content (AvgIpc) is 2.26. The molecule has 1 fully saturated rings. The first-order chi connectivity index (χ1) is 7.15. The van der Waals surface area contributed by atoms with Gasteiger partial charge in [-0.05, 0) is 19.4 Å². The third-order valence-electron chi connectivity index (χ3n) is 3.00. The van der Waals surface area contributed by atoms with Crippen LogP contribution in [0.4, 0.5) is 0 Å². The summed E-state index contributed by atoms with van der Waals surface area (Å²) < 4.78 is 0. The minimum absolute atomic E-state index is 0.0584. The third kappa shape index (κ3) is 1.53. The molecule has 1 aliphatic heterocycles. The van der Waals surface area contributed by atoms with Gasteiger partial charge in [-0.2, -0.15) is 0 Å². The SMILES string of the molecule is CCN1C(=O)[C@@H](N)[C@H]1c1ccc(C)cc1. The molecule has 1 aromatic carbocycles. The smallest absolute Gasteiger partial charge is 0.242 e. The number of aryl methyl sites for hydroxylation is 1. The fourth-order valence-electron chi connectivity index (χ4n) is 2.08. The van der Waals surface area contributed by atoms with Crippen molar-refractivity contribution in [2.24, 2.45) is 5.73 Å². The van der Waals surface area contributed by atoms with Crippen LogP contribution in [0, 0.1) is 6.92 Å². The number of amides is 1. The molecule has 3 heteroatoms. The van der Waals surface area contributed by atoms with Crippen LogP contribution < -0.4 is 5.73 Å². The molecule has 15 heavy (non-hydrogen) atoms. The van der Waals surface area contributed by atoms with Crippen LogP contribution in [0.2, 0.25) is 0 Å². The van der Waals surface area contributed by atoms with Crippen molar-refractivity contribution in [1.29, 1.82) is 0 Å². The Labute approximate surface area is 89.9 Å². The molecule has 0 aromatic heterocycles. The third-order valence-corrected chi connectivity index (χ3v) is 3.00. The van der Waals surface area contributed by atoms with Gasteiger partial charge in [-0.15, -0.1) is 0 Å². The number of hydrogen-bond acceptors (Lipinski definition) is 2. The van der Waals surface area contributed by atoms with Crippen molar-refractivity contribution in [3.8, 4) is 0 Å². The molecule has 2 N–H and O–H groups in total. The largest absolute Gasteiger partial charge is 0.332 e. The highest BCUT2D eigenvalue weighted by Crippen LogP contribution is 2.33. The standard InChI is InChI=1S/C12H16N2O/c1-3-14-11(10(13)12(14)15)9-6-4-8(2)5-7-9/h4-7,10-11H,3,13H2,1-2H3/t10-,11+/m0/s1. The van der Waals surface area contributed by atoms with Crippen LogP contribution >= 0.6 is 0 Å². The lowest BCUT2D eigenvalue weighted by Crippen LogP contribution is -2.62. The highest BCUT2D eigenvalue weighted by atomic mass is 16.2. The Bertz CT molecular complexity index is 372. The Morgan fingerprint density at radius 1 is 1.33 bits per heavy atom. The summed E-state index contributed by atoms with van der Waals surface area (Å²) in [4.78, 5) is 13.3. The van der Waals surface area contributed by atoms with Crippen molar-refractivity contribution in [2.45, 2.75) is 25.9 Å². The van der Waals surface area contributed by atoms with E-state index in [9.17, 15) is 4.79 Å². The molecule has 0 unspecified atom stereocenters. The Balaban J connectivity index is 2.24. The van der Waals surface area contributed by atoms with Crippen molar-refractivity contribution in [3.05, 3.63) is 35.4 Å². The molecule has 80 valence electrons. The summed E-state index contributed by atoms with van der Waals surface area (Å²) in [5.41, 5.74) is 8.17. The second-order valence-corrected chi connectivity index (χ2v) is 4.01. The van der Waals surface area contributed by atoms with Gasteiger partial charge < -0.3 is 10.6 Å². The summed E-state index contributed by atoms with van der Waals surface area (Å²) in [5.74, 6) is 0.0584. The predicted molar refractivity (Wildman–Crippen MR) is 59.3 cm³/mol. The van der Waals surface area contributed by atoms with Crippen LogP contribution in [0.3, 0.4) is 0 Å². The number of likely N-dealkylation sites (N-methyl/N-ethyl adjacent to an activating group) is 1. The van der Waals surface area contributed by atoms with Crippen LogP contribution in [-0.4, -0.2) is 23.4 Å². The van der Waals surface area contributed by atoms with E-state index in [2.05, 4.69) is 24.3 Å². The van der Waals surface area contributed by atoms with Crippen LogP contribution in [0.5, 0.6) is 0 Å². The van der Waals surface area contributed by atoms with Crippen molar-refractivity contribution in [3.63, 3.8) is 0 Å². The fraction of sp³-hybridized carbons (Fsp3) is 0.417. The van der Waals surface area contributed by atoms with Gasteiger partial charge in [-0.1, -0.05) is 29.8 Å². The van der Waals surface area contributed by atoms with E-state index in [1.165, 1.54) is 5.56 Å². The molecule has 0 aliphatic carbocycles. The first-order valence-electron chi connectivity index (χ1n) is 5.27. The number of rotatable bonds is 2. The maximum atomic E-state index is 11.4. The molecule has 1 aliphatic rings. The monoisotopic (exact) mass is 204 g/mol. The highest BCUT2D eigenvalue weighted by molar-refractivity contribution is 5.89. The summed E-state index contributed by atoms with van der Waals surface area (Å²) in [6.45, 7) is 4.75. The zero-order valence-electron chi connectivity index (χ0n) is 9.10. The fourth-order valence-corrected chi connectivity index (χ4v) is 2.08. The van der Waals surface area contributed by atoms with E-state index in [1.807, 2.05) is 18.7 Å².